The van der Waals surface area contributed by atoms with Gasteiger partial charge in [-0.1, -0.05) is 23.2 Å². The molecule has 1 heterocycles. The number of nitrogens with two attached hydrogens (primary N) is 1. The minimum Gasteiger partial charge on any atom is -0.497 e. The zero-order valence-corrected chi connectivity index (χ0v) is 12.8. The van der Waals surface area contributed by atoms with Crippen LogP contribution in [0.5, 0.6) is 11.5 Å². The molecule has 2 N–H and O–H groups in total. The van der Waals surface area contributed by atoms with E-state index in [1.807, 2.05) is 12.1 Å². The van der Waals surface area contributed by atoms with Gasteiger partial charge in [-0.2, -0.15) is 0 Å². The van der Waals surface area contributed by atoms with Gasteiger partial charge in [0.1, 0.15) is 11.5 Å². The van der Waals surface area contributed by atoms with Crippen molar-refractivity contribution in [3.63, 3.8) is 0 Å². The van der Waals surface area contributed by atoms with E-state index in [0.717, 1.165) is 11.1 Å². The summed E-state index contributed by atoms with van der Waals surface area (Å²) in [5.74, 6) is 1.37. The lowest BCUT2D eigenvalue weighted by atomic mass is 10.0. The fourth-order valence-electron chi connectivity index (χ4n) is 1.75. The maximum atomic E-state index is 6.23. The Balaban J connectivity index is 2.43. The third-order valence-electron chi connectivity index (χ3n) is 2.75. The molecular weight excluding hydrogens is 305 g/mol. The fraction of sp³-hybridized carbons (Fsp3) is 0.231. The normalized spacial score (nSPS) is 12.3. The van der Waals surface area contributed by atoms with Gasteiger partial charge in [0, 0.05) is 11.6 Å². The van der Waals surface area contributed by atoms with Gasteiger partial charge < -0.3 is 15.2 Å². The number of thiophene rings is 1. The summed E-state index contributed by atoms with van der Waals surface area (Å²) in [5, 5.41) is 0. The highest BCUT2D eigenvalue weighted by atomic mass is 35.5. The predicted octanol–water partition coefficient (Wildman–Crippen LogP) is 4.12. The molecule has 0 aliphatic carbocycles. The van der Waals surface area contributed by atoms with Crippen molar-refractivity contribution in [2.45, 2.75) is 6.04 Å². The summed E-state index contributed by atoms with van der Waals surface area (Å²) in [5.41, 5.74) is 7.88. The zero-order chi connectivity index (χ0) is 14.0. The molecule has 0 bridgehead atoms. The van der Waals surface area contributed by atoms with E-state index in [4.69, 9.17) is 38.4 Å². The van der Waals surface area contributed by atoms with Crippen molar-refractivity contribution >= 4 is 34.5 Å². The van der Waals surface area contributed by atoms with Crippen LogP contribution in [0.2, 0.25) is 8.67 Å². The van der Waals surface area contributed by atoms with E-state index in [1.165, 1.54) is 11.3 Å². The summed E-state index contributed by atoms with van der Waals surface area (Å²) in [6.07, 6.45) is 0. The average molecular weight is 318 g/mol. The number of rotatable bonds is 4. The smallest absolute Gasteiger partial charge is 0.122 e. The third kappa shape index (κ3) is 3.15. The van der Waals surface area contributed by atoms with Gasteiger partial charge in [0.2, 0.25) is 0 Å². The quantitative estimate of drug-likeness (QED) is 0.922. The zero-order valence-electron chi connectivity index (χ0n) is 10.4. The number of ether oxygens (including phenoxy) is 2. The van der Waals surface area contributed by atoms with Gasteiger partial charge in [-0.15, -0.1) is 11.3 Å². The van der Waals surface area contributed by atoms with Crippen LogP contribution in [0.1, 0.15) is 17.2 Å². The lowest BCUT2D eigenvalue weighted by molar-refractivity contribution is 0.393. The molecule has 19 heavy (non-hydrogen) atoms. The maximum absolute atomic E-state index is 6.23. The lowest BCUT2D eigenvalue weighted by Crippen LogP contribution is -2.11. The van der Waals surface area contributed by atoms with Crippen molar-refractivity contribution in [1.82, 2.24) is 0 Å². The van der Waals surface area contributed by atoms with Crippen LogP contribution in [0.4, 0.5) is 0 Å². The second-order valence-electron chi connectivity index (χ2n) is 3.90. The molecular formula is C13H13Cl2NO2S. The molecule has 0 amide bonds. The van der Waals surface area contributed by atoms with Gasteiger partial charge in [0.25, 0.3) is 0 Å². The van der Waals surface area contributed by atoms with Gasteiger partial charge in [0.15, 0.2) is 0 Å². The van der Waals surface area contributed by atoms with Crippen LogP contribution in [-0.4, -0.2) is 14.2 Å². The molecule has 1 atom stereocenters. The topological polar surface area (TPSA) is 44.5 Å². The van der Waals surface area contributed by atoms with Crippen LogP contribution in [0, 0.1) is 0 Å². The van der Waals surface area contributed by atoms with Crippen molar-refractivity contribution in [3.05, 3.63) is 44.1 Å². The largest absolute Gasteiger partial charge is 0.497 e. The van der Waals surface area contributed by atoms with Gasteiger partial charge in [-0.05, 0) is 23.8 Å². The minimum atomic E-state index is -0.375. The molecule has 102 valence electrons. The molecule has 0 fully saturated rings. The highest BCUT2D eigenvalue weighted by Crippen LogP contribution is 2.37. The van der Waals surface area contributed by atoms with Crippen molar-refractivity contribution in [1.29, 1.82) is 0 Å². The first kappa shape index (κ1) is 14.5. The Morgan fingerprint density at radius 1 is 1.05 bits per heavy atom. The Morgan fingerprint density at radius 2 is 1.63 bits per heavy atom. The van der Waals surface area contributed by atoms with E-state index in [0.29, 0.717) is 20.2 Å². The SMILES string of the molecule is COc1cc(OC)cc(C(N)c2cc(Cl)sc2Cl)c1. The molecule has 1 unspecified atom stereocenters. The molecule has 2 aromatic rings. The molecule has 2 rings (SSSR count). The van der Waals surface area contributed by atoms with Gasteiger partial charge in [0.05, 0.1) is 28.9 Å². The fourth-order valence-corrected chi connectivity index (χ4v) is 3.30. The second kappa shape index (κ2) is 6.01. The molecule has 0 radical (unpaired) electrons. The molecule has 6 heteroatoms. The summed E-state index contributed by atoms with van der Waals surface area (Å²) in [6.45, 7) is 0. The average Bonchev–Trinajstić information content (AvgIpc) is 2.76. The minimum absolute atomic E-state index is 0.375. The van der Waals surface area contributed by atoms with Crippen LogP contribution in [-0.2, 0) is 0 Å². The first-order chi connectivity index (χ1) is 9.05. The third-order valence-corrected chi connectivity index (χ3v) is 4.27. The Hall–Kier alpha value is -0.940. The highest BCUT2D eigenvalue weighted by molar-refractivity contribution is 7.20. The predicted molar refractivity (Wildman–Crippen MR) is 79.9 cm³/mol. The molecule has 1 aromatic carbocycles. The lowest BCUT2D eigenvalue weighted by Gasteiger charge is -2.14. The monoisotopic (exact) mass is 317 g/mol. The van der Waals surface area contributed by atoms with E-state index >= 15 is 0 Å². The van der Waals surface area contributed by atoms with Crippen LogP contribution in [0.25, 0.3) is 0 Å². The van der Waals surface area contributed by atoms with E-state index in [-0.39, 0.29) is 6.04 Å². The molecule has 0 aliphatic heterocycles. The Bertz CT molecular complexity index is 564. The molecule has 3 nitrogen and oxygen atoms in total. The van der Waals surface area contributed by atoms with Crippen LogP contribution >= 0.6 is 34.5 Å². The van der Waals surface area contributed by atoms with Gasteiger partial charge in [-0.25, -0.2) is 0 Å². The number of methoxy groups -OCH3 is 2. The maximum Gasteiger partial charge on any atom is 0.122 e. The van der Waals surface area contributed by atoms with Crippen LogP contribution < -0.4 is 15.2 Å². The molecule has 0 saturated carbocycles. The number of hydrogen-bond acceptors (Lipinski definition) is 4. The van der Waals surface area contributed by atoms with Crippen LogP contribution in [0.15, 0.2) is 24.3 Å². The van der Waals surface area contributed by atoms with E-state index in [9.17, 15) is 0 Å². The van der Waals surface area contributed by atoms with Crippen molar-refractivity contribution < 1.29 is 9.47 Å². The van der Waals surface area contributed by atoms with Crippen LogP contribution in [0.3, 0.4) is 0 Å². The van der Waals surface area contributed by atoms with Gasteiger partial charge in [-0.3, -0.25) is 0 Å². The molecule has 0 saturated heterocycles. The van der Waals surface area contributed by atoms with Crippen molar-refractivity contribution in [3.8, 4) is 11.5 Å². The Morgan fingerprint density at radius 3 is 2.05 bits per heavy atom. The summed E-state index contributed by atoms with van der Waals surface area (Å²) in [4.78, 5) is 0. The summed E-state index contributed by atoms with van der Waals surface area (Å²) >= 11 is 13.4. The molecule has 0 aliphatic rings. The Labute approximate surface area is 125 Å². The van der Waals surface area contributed by atoms with Crippen molar-refractivity contribution in [2.24, 2.45) is 5.73 Å². The highest BCUT2D eigenvalue weighted by Gasteiger charge is 2.17. The second-order valence-corrected chi connectivity index (χ2v) is 6.19. The van der Waals surface area contributed by atoms with Crippen molar-refractivity contribution in [2.75, 3.05) is 14.2 Å². The first-order valence-corrected chi connectivity index (χ1v) is 7.05. The van der Waals surface area contributed by atoms with E-state index in [1.54, 1.807) is 26.4 Å². The summed E-state index contributed by atoms with van der Waals surface area (Å²) < 4.78 is 11.7. The summed E-state index contributed by atoms with van der Waals surface area (Å²) in [6, 6.07) is 6.91. The molecule has 0 spiro atoms. The van der Waals surface area contributed by atoms with E-state index < -0.39 is 0 Å². The van der Waals surface area contributed by atoms with Gasteiger partial charge >= 0.3 is 0 Å². The first-order valence-electron chi connectivity index (χ1n) is 5.48. The number of halogens is 2. The Kier molecular flexibility index (Phi) is 4.58. The molecule has 1 aromatic heterocycles. The number of benzene rings is 1. The standard InChI is InChI=1S/C13H13Cl2NO2S/c1-17-8-3-7(4-9(5-8)18-2)12(16)10-6-11(14)19-13(10)15/h3-6,12H,16H2,1-2H3. The number of hydrogen-bond donors (Lipinski definition) is 1. The van der Waals surface area contributed by atoms with E-state index in [2.05, 4.69) is 0 Å². The summed E-state index contributed by atoms with van der Waals surface area (Å²) in [7, 11) is 3.19.